The van der Waals surface area contributed by atoms with Crippen LogP contribution in [0.15, 0.2) is 0 Å². The van der Waals surface area contributed by atoms with Gasteiger partial charge in [0, 0.05) is 26.2 Å². The molecule has 0 spiro atoms. The Morgan fingerprint density at radius 1 is 1.56 bits per heavy atom. The third-order valence-corrected chi connectivity index (χ3v) is 2.90. The van der Waals surface area contributed by atoms with Crippen LogP contribution in [-0.4, -0.2) is 62.1 Å². The smallest absolute Gasteiger partial charge is 0.236 e. The van der Waals surface area contributed by atoms with Gasteiger partial charge in [-0.25, -0.2) is 0 Å². The van der Waals surface area contributed by atoms with Crippen LogP contribution < -0.4 is 0 Å². The third kappa shape index (κ3) is 3.80. The van der Waals surface area contributed by atoms with E-state index in [-0.39, 0.29) is 5.91 Å². The monoisotopic (exact) mass is 225 g/mol. The van der Waals surface area contributed by atoms with Crippen molar-refractivity contribution in [2.45, 2.75) is 18.9 Å². The summed E-state index contributed by atoms with van der Waals surface area (Å²) in [6.07, 6.45) is 1.38. The van der Waals surface area contributed by atoms with Crippen molar-refractivity contribution < 1.29 is 9.53 Å². The predicted molar refractivity (Wildman–Crippen MR) is 59.7 cm³/mol. The Morgan fingerprint density at radius 2 is 2.31 bits per heavy atom. The summed E-state index contributed by atoms with van der Waals surface area (Å²) in [5.41, 5.74) is 0. The van der Waals surface area contributed by atoms with Crippen molar-refractivity contribution in [3.8, 4) is 6.07 Å². The largest absolute Gasteiger partial charge is 0.380 e. The summed E-state index contributed by atoms with van der Waals surface area (Å²) in [5.74, 6) is 0.0599. The molecule has 1 fully saturated rings. The maximum atomic E-state index is 11.8. The highest BCUT2D eigenvalue weighted by Gasteiger charge is 2.22. The lowest BCUT2D eigenvalue weighted by molar-refractivity contribution is -0.131. The highest BCUT2D eigenvalue weighted by atomic mass is 16.5. The normalized spacial score (nSPS) is 19.8. The fourth-order valence-electron chi connectivity index (χ4n) is 1.68. The Morgan fingerprint density at radius 3 is 2.88 bits per heavy atom. The van der Waals surface area contributed by atoms with Crippen LogP contribution in [0, 0.1) is 11.3 Å². The van der Waals surface area contributed by atoms with E-state index < -0.39 is 0 Å². The Bertz CT molecular complexity index is 269. The van der Waals surface area contributed by atoms with E-state index in [0.717, 1.165) is 13.0 Å². The van der Waals surface area contributed by atoms with Gasteiger partial charge in [-0.1, -0.05) is 0 Å². The average Bonchev–Trinajstić information content (AvgIpc) is 2.79. The molecule has 0 aromatic carbocycles. The molecule has 0 aliphatic carbocycles. The second kappa shape index (κ2) is 6.46. The van der Waals surface area contributed by atoms with Gasteiger partial charge in [0.2, 0.25) is 5.91 Å². The van der Waals surface area contributed by atoms with Crippen molar-refractivity contribution in [1.82, 2.24) is 9.80 Å². The van der Waals surface area contributed by atoms with Crippen LogP contribution in [-0.2, 0) is 9.53 Å². The number of hydrogen-bond acceptors (Lipinski definition) is 4. The highest BCUT2D eigenvalue weighted by molar-refractivity contribution is 5.78. The minimum absolute atomic E-state index is 0.0599. The number of carbonyl (C=O) groups is 1. The fraction of sp³-hybridized carbons (Fsp3) is 0.818. The maximum absolute atomic E-state index is 11.8. The van der Waals surface area contributed by atoms with Gasteiger partial charge in [-0.15, -0.1) is 0 Å². The molecule has 0 aromatic rings. The zero-order valence-electron chi connectivity index (χ0n) is 9.98. The van der Waals surface area contributed by atoms with Crippen LogP contribution in [0.25, 0.3) is 0 Å². The van der Waals surface area contributed by atoms with Crippen LogP contribution in [0.3, 0.4) is 0 Å². The number of likely N-dealkylation sites (N-methyl/N-ethyl adjacent to an activating group) is 2. The maximum Gasteiger partial charge on any atom is 0.236 e. The molecule has 5 nitrogen and oxygen atoms in total. The Hall–Kier alpha value is -1.12. The van der Waals surface area contributed by atoms with E-state index in [1.807, 2.05) is 18.0 Å². The number of ether oxygens (including phenoxy) is 1. The average molecular weight is 225 g/mol. The number of amides is 1. The van der Waals surface area contributed by atoms with E-state index >= 15 is 0 Å². The second-order valence-corrected chi connectivity index (χ2v) is 4.16. The predicted octanol–water partition coefficient (Wildman–Crippen LogP) is 0.0792. The number of nitriles is 1. The van der Waals surface area contributed by atoms with E-state index in [1.165, 1.54) is 0 Å². The first-order valence-corrected chi connectivity index (χ1v) is 5.54. The summed E-state index contributed by atoms with van der Waals surface area (Å²) in [4.78, 5) is 15.4. The summed E-state index contributed by atoms with van der Waals surface area (Å²) in [7, 11) is 3.67. The molecule has 1 saturated heterocycles. The molecule has 0 bridgehead atoms. The van der Waals surface area contributed by atoms with Crippen molar-refractivity contribution in [3.63, 3.8) is 0 Å². The molecular formula is C11H19N3O2. The molecule has 1 unspecified atom stereocenters. The second-order valence-electron chi connectivity index (χ2n) is 4.16. The van der Waals surface area contributed by atoms with Gasteiger partial charge in [-0.3, -0.25) is 9.69 Å². The minimum atomic E-state index is 0.0599. The van der Waals surface area contributed by atoms with Gasteiger partial charge < -0.3 is 9.64 Å². The number of nitrogens with zero attached hydrogens (tertiary/aromatic N) is 3. The van der Waals surface area contributed by atoms with Gasteiger partial charge in [0.1, 0.15) is 0 Å². The standard InChI is InChI=1S/C11H19N3O2/c1-13(6-3-5-12)11(15)8-14(2)10-4-7-16-9-10/h10H,3-4,6-9H2,1-2H3. The lowest BCUT2D eigenvalue weighted by atomic mass is 10.2. The summed E-state index contributed by atoms with van der Waals surface area (Å²) in [5, 5.41) is 8.44. The van der Waals surface area contributed by atoms with Gasteiger partial charge in [0.15, 0.2) is 0 Å². The number of hydrogen-bond donors (Lipinski definition) is 0. The highest BCUT2D eigenvalue weighted by Crippen LogP contribution is 2.10. The number of rotatable bonds is 5. The molecule has 90 valence electrons. The zero-order chi connectivity index (χ0) is 12.0. The lowest BCUT2D eigenvalue weighted by Gasteiger charge is -2.25. The third-order valence-electron chi connectivity index (χ3n) is 2.90. The van der Waals surface area contributed by atoms with Crippen molar-refractivity contribution in [2.24, 2.45) is 0 Å². The van der Waals surface area contributed by atoms with Gasteiger partial charge in [-0.2, -0.15) is 5.26 Å². The Kier molecular flexibility index (Phi) is 5.23. The van der Waals surface area contributed by atoms with Gasteiger partial charge in [0.25, 0.3) is 0 Å². The first-order valence-electron chi connectivity index (χ1n) is 5.54. The molecule has 16 heavy (non-hydrogen) atoms. The molecule has 1 amide bonds. The van der Waals surface area contributed by atoms with Crippen molar-refractivity contribution >= 4 is 5.91 Å². The topological polar surface area (TPSA) is 56.6 Å². The lowest BCUT2D eigenvalue weighted by Crippen LogP contribution is -2.41. The Labute approximate surface area is 96.6 Å². The van der Waals surface area contributed by atoms with Crippen LogP contribution in [0.2, 0.25) is 0 Å². The van der Waals surface area contributed by atoms with Crippen LogP contribution in [0.5, 0.6) is 0 Å². The van der Waals surface area contributed by atoms with Crippen LogP contribution in [0.1, 0.15) is 12.8 Å². The molecule has 1 rings (SSSR count). The van der Waals surface area contributed by atoms with E-state index in [4.69, 9.17) is 10.00 Å². The molecule has 1 atom stereocenters. The molecule has 0 radical (unpaired) electrons. The van der Waals surface area contributed by atoms with Crippen LogP contribution in [0.4, 0.5) is 0 Å². The molecule has 1 aliphatic heterocycles. The summed E-state index contributed by atoms with van der Waals surface area (Å²) < 4.78 is 5.28. The van der Waals surface area contributed by atoms with E-state index in [0.29, 0.717) is 32.2 Å². The fourth-order valence-corrected chi connectivity index (χ4v) is 1.68. The molecule has 5 heteroatoms. The Balaban J connectivity index is 2.29. The SMILES string of the molecule is CN(CCC#N)C(=O)CN(C)C1CCOC1. The number of carbonyl (C=O) groups excluding carboxylic acids is 1. The first-order chi connectivity index (χ1) is 7.65. The summed E-state index contributed by atoms with van der Waals surface area (Å²) >= 11 is 0. The van der Waals surface area contributed by atoms with Crippen LogP contribution >= 0.6 is 0 Å². The van der Waals surface area contributed by atoms with E-state index in [9.17, 15) is 4.79 Å². The van der Waals surface area contributed by atoms with Crippen molar-refractivity contribution in [1.29, 1.82) is 5.26 Å². The minimum Gasteiger partial charge on any atom is -0.380 e. The molecule has 0 saturated carbocycles. The molecule has 0 aromatic heterocycles. The molecule has 0 N–H and O–H groups in total. The van der Waals surface area contributed by atoms with Gasteiger partial charge in [-0.05, 0) is 13.5 Å². The molecule has 1 heterocycles. The molecular weight excluding hydrogens is 206 g/mol. The van der Waals surface area contributed by atoms with Gasteiger partial charge >= 0.3 is 0 Å². The van der Waals surface area contributed by atoms with E-state index in [1.54, 1.807) is 11.9 Å². The van der Waals surface area contributed by atoms with Gasteiger partial charge in [0.05, 0.1) is 25.6 Å². The van der Waals surface area contributed by atoms with E-state index in [2.05, 4.69) is 0 Å². The first kappa shape index (κ1) is 12.9. The zero-order valence-corrected chi connectivity index (χ0v) is 9.98. The van der Waals surface area contributed by atoms with Crippen molar-refractivity contribution in [2.75, 3.05) is 40.4 Å². The summed E-state index contributed by atoms with van der Waals surface area (Å²) in [6, 6.07) is 2.39. The molecule has 1 aliphatic rings. The summed E-state index contributed by atoms with van der Waals surface area (Å²) in [6.45, 7) is 2.40. The quantitative estimate of drug-likeness (QED) is 0.665. The van der Waals surface area contributed by atoms with Crippen molar-refractivity contribution in [3.05, 3.63) is 0 Å².